The molecule has 0 aromatic carbocycles. The van der Waals surface area contributed by atoms with Crippen molar-refractivity contribution in [3.8, 4) is 0 Å². The molecule has 2 aromatic rings. The summed E-state index contributed by atoms with van der Waals surface area (Å²) in [6, 6.07) is 0.200. The van der Waals surface area contributed by atoms with E-state index in [1.54, 1.807) is 0 Å². The molecule has 0 unspecified atom stereocenters. The molecule has 5 N–H and O–H groups in total. The van der Waals surface area contributed by atoms with E-state index in [1.165, 1.54) is 10.9 Å². The molecule has 2 fully saturated rings. The maximum Gasteiger partial charge on any atom is 0.350 e. The summed E-state index contributed by atoms with van der Waals surface area (Å²) in [6.07, 6.45) is -0.934. The van der Waals surface area contributed by atoms with Gasteiger partial charge in [0.15, 0.2) is 11.9 Å². The number of aliphatic hydroxyl groups excluding tert-OH is 2. The minimum atomic E-state index is -4.36. The fourth-order valence-electron chi connectivity index (χ4n) is 4.31. The standard InChI is InChI=1S/C18H27ClN5O7P/c1-18(2)5-3-4-11(18)21-14-9-6-20-24(15(9)23-17(19)22-14)16-13(26)12(25)10(31-16)7-30-8-32(27,28)29/h6,10-13,16,25-26H,3-5,7-8H2,1-2H3,(H,21,22,23)(H2,27,28,29)/t10-,11-,12-,13-,16-/m1/s1. The van der Waals surface area contributed by atoms with Crippen molar-refractivity contribution in [2.24, 2.45) is 5.41 Å². The Labute approximate surface area is 189 Å². The molecule has 14 heteroatoms. The zero-order valence-electron chi connectivity index (χ0n) is 17.6. The molecule has 178 valence electrons. The van der Waals surface area contributed by atoms with Crippen molar-refractivity contribution in [1.82, 2.24) is 19.7 Å². The Hall–Kier alpha value is -1.37. The molecule has 32 heavy (non-hydrogen) atoms. The lowest BCUT2D eigenvalue weighted by Crippen LogP contribution is -2.34. The number of anilines is 1. The number of halogens is 1. The van der Waals surface area contributed by atoms with Crippen LogP contribution >= 0.6 is 19.2 Å². The van der Waals surface area contributed by atoms with Gasteiger partial charge in [0, 0.05) is 6.04 Å². The number of hydrogen-bond acceptors (Lipinski definition) is 9. The molecular weight excluding hydrogens is 465 g/mol. The summed E-state index contributed by atoms with van der Waals surface area (Å²) in [6.45, 7) is 4.07. The summed E-state index contributed by atoms with van der Waals surface area (Å²) in [5.74, 6) is 0.529. The predicted molar refractivity (Wildman–Crippen MR) is 114 cm³/mol. The monoisotopic (exact) mass is 491 g/mol. The van der Waals surface area contributed by atoms with Gasteiger partial charge in [-0.3, -0.25) is 4.57 Å². The van der Waals surface area contributed by atoms with E-state index in [4.69, 9.17) is 30.9 Å². The van der Waals surface area contributed by atoms with Crippen molar-refractivity contribution in [2.45, 2.75) is 63.7 Å². The average molecular weight is 492 g/mol. The third-order valence-corrected chi connectivity index (χ3v) is 6.80. The second-order valence-electron chi connectivity index (χ2n) is 8.96. The number of rotatable bonds is 7. The number of fused-ring (bicyclic) bond motifs is 1. The van der Waals surface area contributed by atoms with Crippen LogP contribution in [0.4, 0.5) is 5.82 Å². The van der Waals surface area contributed by atoms with Crippen molar-refractivity contribution >= 4 is 36.0 Å². The van der Waals surface area contributed by atoms with Crippen LogP contribution in [0.2, 0.25) is 5.28 Å². The molecule has 0 radical (unpaired) electrons. The number of hydrogen-bond donors (Lipinski definition) is 5. The van der Waals surface area contributed by atoms with Gasteiger partial charge in [0.05, 0.1) is 18.2 Å². The Bertz CT molecular complexity index is 1030. The third kappa shape index (κ3) is 4.78. The van der Waals surface area contributed by atoms with Crippen LogP contribution in [0.1, 0.15) is 39.3 Å². The molecule has 0 spiro atoms. The van der Waals surface area contributed by atoms with Gasteiger partial charge >= 0.3 is 7.60 Å². The van der Waals surface area contributed by atoms with E-state index in [0.717, 1.165) is 19.3 Å². The van der Waals surface area contributed by atoms with E-state index in [9.17, 15) is 14.8 Å². The number of nitrogens with zero attached hydrogens (tertiary/aromatic N) is 4. The van der Waals surface area contributed by atoms with Gasteiger partial charge < -0.3 is 34.8 Å². The predicted octanol–water partition coefficient (Wildman–Crippen LogP) is 1.24. The largest absolute Gasteiger partial charge is 0.387 e. The molecule has 0 bridgehead atoms. The highest BCUT2D eigenvalue weighted by Crippen LogP contribution is 2.40. The van der Waals surface area contributed by atoms with Gasteiger partial charge in [0.25, 0.3) is 0 Å². The molecule has 4 rings (SSSR count). The summed E-state index contributed by atoms with van der Waals surface area (Å²) < 4.78 is 22.9. The highest BCUT2D eigenvalue weighted by molar-refractivity contribution is 7.51. The van der Waals surface area contributed by atoms with Crippen LogP contribution in [-0.2, 0) is 14.0 Å². The zero-order valence-corrected chi connectivity index (χ0v) is 19.3. The van der Waals surface area contributed by atoms with Crippen LogP contribution < -0.4 is 5.32 Å². The van der Waals surface area contributed by atoms with E-state index >= 15 is 0 Å². The first-order valence-electron chi connectivity index (χ1n) is 10.3. The van der Waals surface area contributed by atoms with Gasteiger partial charge in [-0.05, 0) is 29.9 Å². The maximum atomic E-state index is 10.9. The van der Waals surface area contributed by atoms with Crippen molar-refractivity contribution in [3.05, 3.63) is 11.5 Å². The first-order chi connectivity index (χ1) is 15.0. The lowest BCUT2D eigenvalue weighted by atomic mass is 9.87. The van der Waals surface area contributed by atoms with E-state index in [1.807, 2.05) is 0 Å². The average Bonchev–Trinajstić information content (AvgIpc) is 3.32. The molecular formula is C18H27ClN5O7P. The highest BCUT2D eigenvalue weighted by Gasteiger charge is 2.45. The summed E-state index contributed by atoms with van der Waals surface area (Å²) in [7, 11) is -4.36. The first kappa shape index (κ1) is 23.8. The van der Waals surface area contributed by atoms with E-state index in [2.05, 4.69) is 34.2 Å². The van der Waals surface area contributed by atoms with Crippen LogP contribution in [-0.4, -0.2) is 77.1 Å². The van der Waals surface area contributed by atoms with Gasteiger partial charge in [-0.1, -0.05) is 20.3 Å². The molecule has 12 nitrogen and oxygen atoms in total. The Morgan fingerprint density at radius 2 is 2.09 bits per heavy atom. The Kier molecular flexibility index (Phi) is 6.51. The molecule has 2 aliphatic rings. The zero-order chi connectivity index (χ0) is 23.3. The van der Waals surface area contributed by atoms with Crippen molar-refractivity contribution < 1.29 is 34.0 Å². The van der Waals surface area contributed by atoms with E-state index < -0.39 is 38.5 Å². The topological polar surface area (TPSA) is 172 Å². The molecule has 1 saturated heterocycles. The molecule has 0 amide bonds. The summed E-state index contributed by atoms with van der Waals surface area (Å²) >= 11 is 6.17. The SMILES string of the molecule is CC1(C)CCC[C@H]1Nc1nc(Cl)nc2c1cnn2[C@@H]1O[C@H](COCP(=O)(O)O)[C@@H](O)[C@H]1O. The van der Waals surface area contributed by atoms with Crippen molar-refractivity contribution in [1.29, 1.82) is 0 Å². The van der Waals surface area contributed by atoms with Gasteiger partial charge in [0.2, 0.25) is 5.28 Å². The smallest absolute Gasteiger partial charge is 0.350 e. The van der Waals surface area contributed by atoms with Gasteiger partial charge in [-0.2, -0.15) is 15.1 Å². The normalized spacial score (nSPS) is 30.3. The minimum absolute atomic E-state index is 0.00730. The number of aliphatic hydroxyl groups is 2. The van der Waals surface area contributed by atoms with Crippen LogP contribution in [0, 0.1) is 5.41 Å². The molecule has 1 aliphatic carbocycles. The molecule has 1 aliphatic heterocycles. The van der Waals surface area contributed by atoms with Crippen LogP contribution in [0.15, 0.2) is 6.20 Å². The number of ether oxygens (including phenoxy) is 2. The lowest BCUT2D eigenvalue weighted by molar-refractivity contribution is -0.0658. The van der Waals surface area contributed by atoms with Gasteiger partial charge in [0.1, 0.15) is 30.5 Å². The Morgan fingerprint density at radius 3 is 2.75 bits per heavy atom. The van der Waals surface area contributed by atoms with Crippen LogP contribution in [0.5, 0.6) is 0 Å². The Morgan fingerprint density at radius 1 is 1.34 bits per heavy atom. The molecule has 3 heterocycles. The number of aromatic nitrogens is 4. The Balaban J connectivity index is 1.57. The summed E-state index contributed by atoms with van der Waals surface area (Å²) in [5.41, 5.74) is 0.408. The maximum absolute atomic E-state index is 10.9. The lowest BCUT2D eigenvalue weighted by Gasteiger charge is -2.28. The number of nitrogens with one attached hydrogen (secondary N) is 1. The molecule has 2 aromatic heterocycles. The van der Waals surface area contributed by atoms with Crippen LogP contribution in [0.3, 0.4) is 0 Å². The van der Waals surface area contributed by atoms with Gasteiger partial charge in [-0.15, -0.1) is 0 Å². The quantitative estimate of drug-likeness (QED) is 0.278. The van der Waals surface area contributed by atoms with Crippen LogP contribution in [0.25, 0.3) is 11.0 Å². The highest BCUT2D eigenvalue weighted by atomic mass is 35.5. The van der Waals surface area contributed by atoms with Crippen molar-refractivity contribution in [3.63, 3.8) is 0 Å². The van der Waals surface area contributed by atoms with Gasteiger partial charge in [-0.25, -0.2) is 4.68 Å². The van der Waals surface area contributed by atoms with E-state index in [0.29, 0.717) is 16.9 Å². The summed E-state index contributed by atoms with van der Waals surface area (Å²) in [5, 5.41) is 29.2. The van der Waals surface area contributed by atoms with Crippen molar-refractivity contribution in [2.75, 3.05) is 18.3 Å². The second kappa shape index (κ2) is 8.77. The first-order valence-corrected chi connectivity index (χ1v) is 12.4. The molecule has 1 saturated carbocycles. The second-order valence-corrected chi connectivity index (χ2v) is 10.9. The molecule has 5 atom stereocenters. The fourth-order valence-corrected chi connectivity index (χ4v) is 4.82. The van der Waals surface area contributed by atoms with E-state index in [-0.39, 0.29) is 23.3 Å². The minimum Gasteiger partial charge on any atom is -0.387 e. The fraction of sp³-hybridized carbons (Fsp3) is 0.722. The third-order valence-electron chi connectivity index (χ3n) is 6.11. The summed E-state index contributed by atoms with van der Waals surface area (Å²) in [4.78, 5) is 26.4.